The van der Waals surface area contributed by atoms with Crippen molar-refractivity contribution in [1.29, 1.82) is 0 Å². The standard InChI is InChI=1S/C24H29NO/c1-2-6-19(7-3-1)22-16-24(26-18-22)12-14-25(15-13-24)17-21-11-10-20-8-4-5-9-23(20)21/h1-9,21-22H,10-18H2/t21-,22-/m0/s1. The molecule has 0 radical (unpaired) electrons. The molecule has 0 bridgehead atoms. The highest BCUT2D eigenvalue weighted by Crippen LogP contribution is 2.43. The second kappa shape index (κ2) is 6.83. The molecule has 2 heteroatoms. The summed E-state index contributed by atoms with van der Waals surface area (Å²) >= 11 is 0. The molecule has 26 heavy (non-hydrogen) atoms. The fourth-order valence-electron chi connectivity index (χ4n) is 5.42. The molecule has 0 aromatic heterocycles. The minimum atomic E-state index is 0.143. The van der Waals surface area contributed by atoms with Crippen LogP contribution in [0.25, 0.3) is 0 Å². The third-order valence-corrected chi connectivity index (χ3v) is 6.98. The van der Waals surface area contributed by atoms with Crippen LogP contribution < -0.4 is 0 Å². The van der Waals surface area contributed by atoms with E-state index in [9.17, 15) is 0 Å². The molecule has 2 saturated heterocycles. The Labute approximate surface area is 157 Å². The average molecular weight is 348 g/mol. The Morgan fingerprint density at radius 3 is 2.58 bits per heavy atom. The largest absolute Gasteiger partial charge is 0.374 e. The Kier molecular flexibility index (Phi) is 4.34. The molecular weight excluding hydrogens is 318 g/mol. The van der Waals surface area contributed by atoms with Gasteiger partial charge in [0, 0.05) is 25.6 Å². The molecule has 136 valence electrons. The van der Waals surface area contributed by atoms with Crippen molar-refractivity contribution < 1.29 is 4.74 Å². The number of benzene rings is 2. The van der Waals surface area contributed by atoms with Gasteiger partial charge in [0.25, 0.3) is 0 Å². The SMILES string of the molecule is c1ccc([C@@H]2COC3(CCN(C[C@@H]4CCc5ccccc54)CC3)C2)cc1. The predicted octanol–water partition coefficient (Wildman–Crippen LogP) is 4.76. The number of likely N-dealkylation sites (tertiary alicyclic amines) is 1. The second-order valence-corrected chi connectivity index (χ2v) is 8.54. The van der Waals surface area contributed by atoms with Gasteiger partial charge in [-0.25, -0.2) is 0 Å². The van der Waals surface area contributed by atoms with Crippen molar-refractivity contribution in [3.05, 3.63) is 71.3 Å². The first-order valence-electron chi connectivity index (χ1n) is 10.3. The van der Waals surface area contributed by atoms with Crippen molar-refractivity contribution in [2.45, 2.75) is 49.5 Å². The van der Waals surface area contributed by atoms with Crippen LogP contribution >= 0.6 is 0 Å². The lowest BCUT2D eigenvalue weighted by Gasteiger charge is -2.39. The number of piperidine rings is 1. The van der Waals surface area contributed by atoms with Crippen molar-refractivity contribution in [2.24, 2.45) is 0 Å². The van der Waals surface area contributed by atoms with Crippen LogP contribution in [0.15, 0.2) is 54.6 Å². The van der Waals surface area contributed by atoms with Crippen LogP contribution in [0.3, 0.4) is 0 Å². The van der Waals surface area contributed by atoms with Gasteiger partial charge in [0.1, 0.15) is 0 Å². The Hall–Kier alpha value is -1.64. The summed E-state index contributed by atoms with van der Waals surface area (Å²) in [5.74, 6) is 1.33. The van der Waals surface area contributed by atoms with Crippen LogP contribution in [-0.2, 0) is 11.2 Å². The summed E-state index contributed by atoms with van der Waals surface area (Å²) in [7, 11) is 0. The fourth-order valence-corrected chi connectivity index (χ4v) is 5.42. The maximum Gasteiger partial charge on any atom is 0.0713 e. The maximum atomic E-state index is 6.40. The smallest absolute Gasteiger partial charge is 0.0713 e. The Bertz CT molecular complexity index is 748. The highest BCUT2D eigenvalue weighted by molar-refractivity contribution is 5.35. The summed E-state index contributed by atoms with van der Waals surface area (Å²) in [6.45, 7) is 4.52. The Balaban J connectivity index is 1.18. The van der Waals surface area contributed by atoms with Crippen molar-refractivity contribution in [3.8, 4) is 0 Å². The van der Waals surface area contributed by atoms with Gasteiger partial charge in [-0.15, -0.1) is 0 Å². The van der Waals surface area contributed by atoms with Crippen LogP contribution in [0.5, 0.6) is 0 Å². The van der Waals surface area contributed by atoms with Gasteiger partial charge in [-0.2, -0.15) is 0 Å². The average Bonchev–Trinajstić information content (AvgIpc) is 3.30. The molecule has 5 rings (SSSR count). The third-order valence-electron chi connectivity index (χ3n) is 6.98. The summed E-state index contributed by atoms with van der Waals surface area (Å²) in [4.78, 5) is 2.69. The second-order valence-electron chi connectivity index (χ2n) is 8.54. The minimum absolute atomic E-state index is 0.143. The molecule has 2 aliphatic heterocycles. The molecule has 1 spiro atoms. The van der Waals surface area contributed by atoms with E-state index in [1.165, 1.54) is 57.3 Å². The number of aryl methyl sites for hydroxylation is 1. The molecule has 2 nitrogen and oxygen atoms in total. The van der Waals surface area contributed by atoms with E-state index in [1.807, 2.05) is 0 Å². The molecule has 2 aromatic rings. The van der Waals surface area contributed by atoms with Gasteiger partial charge in [-0.1, -0.05) is 54.6 Å². The zero-order valence-electron chi connectivity index (χ0n) is 15.6. The molecule has 3 aliphatic rings. The van der Waals surface area contributed by atoms with E-state index in [2.05, 4.69) is 59.5 Å². The normalized spacial score (nSPS) is 27.7. The van der Waals surface area contributed by atoms with Crippen LogP contribution in [-0.4, -0.2) is 36.7 Å². The van der Waals surface area contributed by atoms with E-state index in [4.69, 9.17) is 4.74 Å². The molecule has 0 saturated carbocycles. The highest BCUT2D eigenvalue weighted by Gasteiger charge is 2.43. The number of hydrogen-bond acceptors (Lipinski definition) is 2. The molecule has 2 heterocycles. The predicted molar refractivity (Wildman–Crippen MR) is 106 cm³/mol. The van der Waals surface area contributed by atoms with Gasteiger partial charge in [0.15, 0.2) is 0 Å². The zero-order valence-corrected chi connectivity index (χ0v) is 15.6. The topological polar surface area (TPSA) is 12.5 Å². The number of fused-ring (bicyclic) bond motifs is 1. The Morgan fingerprint density at radius 1 is 0.962 bits per heavy atom. The first kappa shape index (κ1) is 16.5. The van der Waals surface area contributed by atoms with E-state index in [1.54, 1.807) is 11.1 Å². The fraction of sp³-hybridized carbons (Fsp3) is 0.500. The summed E-state index contributed by atoms with van der Waals surface area (Å²) in [6, 6.07) is 20.0. The number of rotatable bonds is 3. The molecule has 0 amide bonds. The molecule has 2 aromatic carbocycles. The van der Waals surface area contributed by atoms with Gasteiger partial charge >= 0.3 is 0 Å². The molecule has 0 unspecified atom stereocenters. The maximum absolute atomic E-state index is 6.40. The number of hydrogen-bond donors (Lipinski definition) is 0. The first-order chi connectivity index (χ1) is 12.8. The van der Waals surface area contributed by atoms with Crippen LogP contribution in [0.1, 0.15) is 54.2 Å². The quantitative estimate of drug-likeness (QED) is 0.794. The van der Waals surface area contributed by atoms with Gasteiger partial charge < -0.3 is 9.64 Å². The van der Waals surface area contributed by atoms with Crippen molar-refractivity contribution >= 4 is 0 Å². The Morgan fingerprint density at radius 2 is 1.73 bits per heavy atom. The summed E-state index contributed by atoms with van der Waals surface area (Å²) in [5.41, 5.74) is 4.78. The zero-order chi connectivity index (χ0) is 17.4. The van der Waals surface area contributed by atoms with Crippen molar-refractivity contribution in [1.82, 2.24) is 4.90 Å². The monoisotopic (exact) mass is 347 g/mol. The minimum Gasteiger partial charge on any atom is -0.374 e. The lowest BCUT2D eigenvalue weighted by molar-refractivity contribution is -0.0442. The van der Waals surface area contributed by atoms with E-state index in [0.29, 0.717) is 5.92 Å². The third kappa shape index (κ3) is 3.10. The summed E-state index contributed by atoms with van der Waals surface area (Å²) in [5, 5.41) is 0. The van der Waals surface area contributed by atoms with E-state index < -0.39 is 0 Å². The summed E-state index contributed by atoms with van der Waals surface area (Å²) < 4.78 is 6.40. The first-order valence-corrected chi connectivity index (χ1v) is 10.3. The van der Waals surface area contributed by atoms with Crippen molar-refractivity contribution in [3.63, 3.8) is 0 Å². The van der Waals surface area contributed by atoms with E-state index in [0.717, 1.165) is 12.5 Å². The van der Waals surface area contributed by atoms with Gasteiger partial charge in [-0.3, -0.25) is 0 Å². The van der Waals surface area contributed by atoms with Gasteiger partial charge in [0.05, 0.1) is 12.2 Å². The molecule has 1 aliphatic carbocycles. The van der Waals surface area contributed by atoms with Gasteiger partial charge in [-0.05, 0) is 54.7 Å². The molecule has 2 atom stereocenters. The molecule has 0 N–H and O–H groups in total. The molecular formula is C24H29NO. The van der Waals surface area contributed by atoms with Crippen LogP contribution in [0.2, 0.25) is 0 Å². The molecule has 2 fully saturated rings. The number of ether oxygens (including phenoxy) is 1. The lowest BCUT2D eigenvalue weighted by atomic mass is 9.83. The van der Waals surface area contributed by atoms with Gasteiger partial charge in [0.2, 0.25) is 0 Å². The van der Waals surface area contributed by atoms with Crippen LogP contribution in [0, 0.1) is 0 Å². The van der Waals surface area contributed by atoms with Crippen molar-refractivity contribution in [2.75, 3.05) is 26.2 Å². The highest BCUT2D eigenvalue weighted by atomic mass is 16.5. The lowest BCUT2D eigenvalue weighted by Crippen LogP contribution is -2.45. The van der Waals surface area contributed by atoms with Crippen LogP contribution in [0.4, 0.5) is 0 Å². The summed E-state index contributed by atoms with van der Waals surface area (Å²) in [6.07, 6.45) is 6.20. The van der Waals surface area contributed by atoms with E-state index in [-0.39, 0.29) is 5.60 Å². The number of nitrogens with zero attached hydrogens (tertiary/aromatic N) is 1. The van der Waals surface area contributed by atoms with E-state index >= 15 is 0 Å².